The van der Waals surface area contributed by atoms with Gasteiger partial charge < -0.3 is 44.4 Å². The first-order chi connectivity index (χ1) is 27.1. The molecule has 292 valence electrons. The van der Waals surface area contributed by atoms with Crippen molar-refractivity contribution in [1.29, 1.82) is 0 Å². The van der Waals surface area contributed by atoms with Gasteiger partial charge in [0.25, 0.3) is 5.56 Å². The molecule has 0 radical (unpaired) electrons. The molecular formula is C40H41N5O11. The van der Waals surface area contributed by atoms with Crippen molar-refractivity contribution in [1.82, 2.24) is 15.3 Å². The number of hydrogen-bond donors (Lipinski definition) is 5. The summed E-state index contributed by atoms with van der Waals surface area (Å²) >= 11 is 0. The normalized spacial score (nSPS) is 11.8. The van der Waals surface area contributed by atoms with Crippen LogP contribution in [-0.4, -0.2) is 66.6 Å². The molecule has 1 heterocycles. The third-order valence-electron chi connectivity index (χ3n) is 8.46. The first-order valence-corrected chi connectivity index (χ1v) is 17.5. The van der Waals surface area contributed by atoms with Crippen molar-refractivity contribution in [2.75, 3.05) is 38.1 Å². The maximum Gasteiger partial charge on any atom is 0.411 e. The van der Waals surface area contributed by atoms with Gasteiger partial charge in [-0.1, -0.05) is 42.5 Å². The van der Waals surface area contributed by atoms with Gasteiger partial charge in [0.2, 0.25) is 0 Å². The number of aromatic amines is 1. The van der Waals surface area contributed by atoms with Gasteiger partial charge in [0, 0.05) is 23.4 Å². The van der Waals surface area contributed by atoms with Gasteiger partial charge in [-0.15, -0.1) is 0 Å². The number of alkyl carbamates (subject to hydrolysis) is 1. The fourth-order valence-electron chi connectivity index (χ4n) is 5.81. The maximum absolute atomic E-state index is 12.9. The zero-order valence-corrected chi connectivity index (χ0v) is 30.8. The number of amides is 2. The second kappa shape index (κ2) is 19.3. The Kier molecular flexibility index (Phi) is 13.8. The number of carboxylic acid groups (broad SMARTS) is 1. The van der Waals surface area contributed by atoms with Crippen molar-refractivity contribution in [3.8, 4) is 11.5 Å². The van der Waals surface area contributed by atoms with Crippen LogP contribution in [0, 0.1) is 0 Å². The molecule has 0 saturated heterocycles. The number of ether oxygens (including phenoxy) is 5. The highest BCUT2D eigenvalue weighted by Crippen LogP contribution is 2.35. The SMILES string of the molecule is CCOC(=O)C[C@@H](NC(=O)OCc1ccccc1)c1cccc(NC(=O)OCCc2c(OC)cc(C(Nc3ccc4nc[nH]c(=O)c4c3)C(=O)O)cc2OC)c1. The van der Waals surface area contributed by atoms with Crippen molar-refractivity contribution in [2.45, 2.75) is 38.5 Å². The molecule has 16 nitrogen and oxygen atoms in total. The number of rotatable bonds is 17. The van der Waals surface area contributed by atoms with E-state index in [1.165, 1.54) is 26.6 Å². The van der Waals surface area contributed by atoms with Crippen LogP contribution in [0.4, 0.5) is 21.0 Å². The second-order valence-corrected chi connectivity index (χ2v) is 12.2. The summed E-state index contributed by atoms with van der Waals surface area (Å²) in [7, 11) is 2.84. The molecular weight excluding hydrogens is 726 g/mol. The summed E-state index contributed by atoms with van der Waals surface area (Å²) in [6.07, 6.45) is -0.280. The Balaban J connectivity index is 1.23. The van der Waals surface area contributed by atoms with E-state index in [0.717, 1.165) is 5.56 Å². The lowest BCUT2D eigenvalue weighted by Crippen LogP contribution is -2.31. The number of hydrogen-bond acceptors (Lipinski definition) is 12. The number of carbonyl (C=O) groups is 4. The Morgan fingerprint density at radius 3 is 2.27 bits per heavy atom. The summed E-state index contributed by atoms with van der Waals surface area (Å²) in [5.41, 5.74) is 2.91. The molecule has 5 rings (SSSR count). The molecule has 56 heavy (non-hydrogen) atoms. The number of methoxy groups -OCH3 is 2. The average Bonchev–Trinajstić information content (AvgIpc) is 3.19. The first kappa shape index (κ1) is 40.1. The van der Waals surface area contributed by atoms with Crippen molar-refractivity contribution in [2.24, 2.45) is 0 Å². The minimum atomic E-state index is -1.26. The van der Waals surface area contributed by atoms with E-state index in [9.17, 15) is 29.1 Å². The number of fused-ring (bicyclic) bond motifs is 1. The summed E-state index contributed by atoms with van der Waals surface area (Å²) in [5, 5.41) is 18.7. The number of anilines is 2. The fraction of sp³-hybridized carbons (Fsp3) is 0.250. The lowest BCUT2D eigenvalue weighted by molar-refractivity contribution is -0.143. The maximum atomic E-state index is 12.9. The molecule has 0 aliphatic rings. The van der Waals surface area contributed by atoms with E-state index in [1.807, 2.05) is 30.3 Å². The van der Waals surface area contributed by atoms with Gasteiger partial charge in [-0.2, -0.15) is 0 Å². The zero-order chi connectivity index (χ0) is 40.0. The minimum Gasteiger partial charge on any atom is -0.496 e. The number of benzene rings is 4. The molecule has 1 aromatic heterocycles. The molecule has 0 aliphatic heterocycles. The molecule has 4 aromatic carbocycles. The van der Waals surface area contributed by atoms with Crippen LogP contribution in [0.3, 0.4) is 0 Å². The van der Waals surface area contributed by atoms with Crippen LogP contribution in [0.25, 0.3) is 10.9 Å². The molecule has 5 aromatic rings. The molecule has 0 bridgehead atoms. The van der Waals surface area contributed by atoms with E-state index < -0.39 is 36.2 Å². The third kappa shape index (κ3) is 10.7. The molecule has 1 unspecified atom stereocenters. The summed E-state index contributed by atoms with van der Waals surface area (Å²) in [6, 6.07) is 21.4. The van der Waals surface area contributed by atoms with Crippen molar-refractivity contribution in [3.05, 3.63) is 124 Å². The highest BCUT2D eigenvalue weighted by atomic mass is 16.6. The first-order valence-electron chi connectivity index (χ1n) is 17.5. The Morgan fingerprint density at radius 1 is 0.821 bits per heavy atom. The number of esters is 1. The Hall–Kier alpha value is -7.10. The van der Waals surface area contributed by atoms with Crippen LogP contribution < -0.4 is 31.0 Å². The zero-order valence-electron chi connectivity index (χ0n) is 30.8. The fourth-order valence-corrected chi connectivity index (χ4v) is 5.81. The van der Waals surface area contributed by atoms with Crippen LogP contribution in [0.15, 0.2) is 96.1 Å². The molecule has 16 heteroatoms. The van der Waals surface area contributed by atoms with Gasteiger partial charge in [-0.05, 0) is 66.1 Å². The number of nitrogens with zero attached hydrogens (tertiary/aromatic N) is 1. The van der Waals surface area contributed by atoms with Crippen LogP contribution in [-0.2, 0) is 36.8 Å². The molecule has 2 amide bonds. The van der Waals surface area contributed by atoms with E-state index in [1.54, 1.807) is 55.5 Å². The molecule has 0 spiro atoms. The lowest BCUT2D eigenvalue weighted by atomic mass is 10.0. The second-order valence-electron chi connectivity index (χ2n) is 12.2. The highest BCUT2D eigenvalue weighted by molar-refractivity contribution is 5.85. The van der Waals surface area contributed by atoms with Crippen molar-refractivity contribution < 1.29 is 48.0 Å². The largest absolute Gasteiger partial charge is 0.496 e. The molecule has 0 fully saturated rings. The number of carboxylic acids is 1. The van der Waals surface area contributed by atoms with Gasteiger partial charge in [0.05, 0.1) is 57.1 Å². The Bertz CT molecular complexity index is 2200. The van der Waals surface area contributed by atoms with E-state index in [2.05, 4.69) is 25.9 Å². The smallest absolute Gasteiger partial charge is 0.411 e. The van der Waals surface area contributed by atoms with Crippen molar-refractivity contribution >= 4 is 46.4 Å². The number of nitrogens with one attached hydrogen (secondary N) is 4. The lowest BCUT2D eigenvalue weighted by Gasteiger charge is -2.21. The number of aliphatic carboxylic acids is 1. The summed E-state index contributed by atoms with van der Waals surface area (Å²) in [6.45, 7) is 1.76. The monoisotopic (exact) mass is 767 g/mol. The van der Waals surface area contributed by atoms with Crippen LogP contribution in [0.2, 0.25) is 0 Å². The number of aromatic nitrogens is 2. The quantitative estimate of drug-likeness (QED) is 0.0552. The van der Waals surface area contributed by atoms with Crippen LogP contribution in [0.1, 0.15) is 47.7 Å². The van der Waals surface area contributed by atoms with Gasteiger partial charge in [-0.3, -0.25) is 14.9 Å². The Morgan fingerprint density at radius 2 is 1.57 bits per heavy atom. The van der Waals surface area contributed by atoms with E-state index >= 15 is 0 Å². The topological polar surface area (TPSA) is 216 Å². The molecule has 0 saturated carbocycles. The summed E-state index contributed by atoms with van der Waals surface area (Å²) in [4.78, 5) is 69.3. The number of carbonyl (C=O) groups excluding carboxylic acids is 3. The van der Waals surface area contributed by atoms with Gasteiger partial charge >= 0.3 is 24.1 Å². The van der Waals surface area contributed by atoms with E-state index in [-0.39, 0.29) is 43.6 Å². The summed E-state index contributed by atoms with van der Waals surface area (Å²) in [5.74, 6) is -1.14. The predicted octanol–water partition coefficient (Wildman–Crippen LogP) is 5.89. The van der Waals surface area contributed by atoms with Gasteiger partial charge in [-0.25, -0.2) is 19.4 Å². The average molecular weight is 768 g/mol. The highest BCUT2D eigenvalue weighted by Gasteiger charge is 2.25. The molecule has 2 atom stereocenters. The Labute approximate surface area is 321 Å². The predicted molar refractivity (Wildman–Crippen MR) is 205 cm³/mol. The standard InChI is InChI=1S/C40H41N5O11/c1-4-54-35(46)21-32(45-40(51)56-22-24-9-6-5-7-10-24)25-11-8-12-27(17-25)44-39(50)55-16-15-29-33(52-2)18-26(19-34(29)53-3)36(38(48)49)43-28-13-14-31-30(20-28)37(47)42-23-41-31/h5-14,17-20,23,32,36,43H,4,15-16,21-22H2,1-3H3,(H,44,50)(H,45,51)(H,48,49)(H,41,42,47)/t32-,36?/m1/s1. The van der Waals surface area contributed by atoms with Gasteiger partial charge in [0.1, 0.15) is 18.1 Å². The van der Waals surface area contributed by atoms with Crippen molar-refractivity contribution in [3.63, 3.8) is 0 Å². The van der Waals surface area contributed by atoms with Crippen LogP contribution in [0.5, 0.6) is 11.5 Å². The van der Waals surface area contributed by atoms with Gasteiger partial charge in [0.15, 0.2) is 6.04 Å². The third-order valence-corrected chi connectivity index (χ3v) is 8.46. The molecule has 0 aliphatic carbocycles. The number of H-pyrrole nitrogens is 1. The van der Waals surface area contributed by atoms with E-state index in [4.69, 9.17) is 23.7 Å². The minimum absolute atomic E-state index is 0.0304. The molecule has 5 N–H and O–H groups in total. The van der Waals surface area contributed by atoms with Crippen LogP contribution >= 0.6 is 0 Å². The summed E-state index contributed by atoms with van der Waals surface area (Å²) < 4.78 is 27.1. The van der Waals surface area contributed by atoms with E-state index in [0.29, 0.717) is 45.1 Å².